The lowest BCUT2D eigenvalue weighted by molar-refractivity contribution is 0.210. The lowest BCUT2D eigenvalue weighted by Gasteiger charge is -2.24. The van der Waals surface area contributed by atoms with E-state index in [1.54, 1.807) is 17.0 Å². The van der Waals surface area contributed by atoms with Crippen LogP contribution in [-0.4, -0.2) is 6.09 Å². The van der Waals surface area contributed by atoms with Gasteiger partial charge in [-0.15, -0.1) is 0 Å². The molecule has 0 bridgehead atoms. The maximum Gasteiger partial charge on any atom is 0.424 e. The Hall–Kier alpha value is -3.59. The van der Waals surface area contributed by atoms with Crippen molar-refractivity contribution < 1.29 is 9.53 Å². The molecule has 0 aromatic heterocycles. The van der Waals surface area contributed by atoms with Crippen molar-refractivity contribution in [2.24, 2.45) is 0 Å². The average Bonchev–Trinajstić information content (AvgIpc) is 2.69. The summed E-state index contributed by atoms with van der Waals surface area (Å²) < 4.78 is 5.66. The van der Waals surface area contributed by atoms with E-state index in [1.165, 1.54) is 0 Å². The molecule has 1 amide bonds. The van der Waals surface area contributed by atoms with E-state index in [0.29, 0.717) is 5.75 Å². The molecule has 0 aliphatic heterocycles. The van der Waals surface area contributed by atoms with Crippen molar-refractivity contribution in [1.29, 1.82) is 0 Å². The third-order valence-electron chi connectivity index (χ3n) is 4.40. The predicted octanol–water partition coefficient (Wildman–Crippen LogP) is 6.49. The molecular weight excluding hydrogens is 334 g/mol. The van der Waals surface area contributed by atoms with Crippen LogP contribution in [-0.2, 0) is 0 Å². The second-order valence-electron chi connectivity index (χ2n) is 6.35. The Morgan fingerprint density at radius 3 is 2.30 bits per heavy atom. The number of hydrogen-bond acceptors (Lipinski definition) is 2. The summed E-state index contributed by atoms with van der Waals surface area (Å²) in [7, 11) is 0. The number of carbonyl (C=O) groups is 1. The van der Waals surface area contributed by atoms with Crippen LogP contribution in [0.15, 0.2) is 97.1 Å². The summed E-state index contributed by atoms with van der Waals surface area (Å²) in [6.45, 7) is 2.01. The molecule has 4 rings (SSSR count). The van der Waals surface area contributed by atoms with E-state index in [9.17, 15) is 4.79 Å². The van der Waals surface area contributed by atoms with Gasteiger partial charge in [-0.3, -0.25) is 0 Å². The average molecular weight is 353 g/mol. The van der Waals surface area contributed by atoms with Crippen molar-refractivity contribution in [2.45, 2.75) is 6.92 Å². The Balaban J connectivity index is 1.84. The monoisotopic (exact) mass is 353 g/mol. The third-order valence-corrected chi connectivity index (χ3v) is 4.40. The zero-order valence-corrected chi connectivity index (χ0v) is 15.0. The second kappa shape index (κ2) is 7.34. The van der Waals surface area contributed by atoms with Crippen LogP contribution in [0.25, 0.3) is 10.8 Å². The number of para-hydroxylation sites is 1. The Kier molecular flexibility index (Phi) is 4.58. The summed E-state index contributed by atoms with van der Waals surface area (Å²) in [5.74, 6) is 0.514. The van der Waals surface area contributed by atoms with Crippen LogP contribution in [0.4, 0.5) is 16.2 Å². The van der Waals surface area contributed by atoms with Gasteiger partial charge < -0.3 is 4.74 Å². The van der Waals surface area contributed by atoms with Gasteiger partial charge in [0.1, 0.15) is 5.75 Å². The molecule has 3 heteroatoms. The summed E-state index contributed by atoms with van der Waals surface area (Å²) in [5, 5.41) is 2.06. The number of hydrogen-bond donors (Lipinski definition) is 0. The maximum absolute atomic E-state index is 13.2. The molecule has 3 nitrogen and oxygen atoms in total. The first kappa shape index (κ1) is 16.9. The fourth-order valence-corrected chi connectivity index (χ4v) is 3.15. The number of amides is 1. The highest BCUT2D eigenvalue weighted by atomic mass is 16.6. The second-order valence-corrected chi connectivity index (χ2v) is 6.35. The number of benzene rings is 4. The summed E-state index contributed by atoms with van der Waals surface area (Å²) in [6, 6.07) is 30.9. The summed E-state index contributed by atoms with van der Waals surface area (Å²) >= 11 is 0. The number of nitrogens with zero attached hydrogens (tertiary/aromatic N) is 1. The van der Waals surface area contributed by atoms with Crippen LogP contribution in [0.1, 0.15) is 5.56 Å². The fourth-order valence-electron chi connectivity index (χ4n) is 3.15. The Morgan fingerprint density at radius 2 is 1.48 bits per heavy atom. The quantitative estimate of drug-likeness (QED) is 0.421. The summed E-state index contributed by atoms with van der Waals surface area (Å²) in [4.78, 5) is 14.8. The molecule has 132 valence electrons. The lowest BCUT2D eigenvalue weighted by Crippen LogP contribution is -2.29. The lowest BCUT2D eigenvalue weighted by atomic mass is 10.1. The minimum Gasteiger partial charge on any atom is -0.410 e. The Morgan fingerprint density at radius 1 is 0.778 bits per heavy atom. The largest absolute Gasteiger partial charge is 0.424 e. The molecule has 0 heterocycles. The van der Waals surface area contributed by atoms with Crippen LogP contribution >= 0.6 is 0 Å². The molecule has 0 radical (unpaired) electrons. The highest BCUT2D eigenvalue weighted by Gasteiger charge is 2.22. The first-order valence-electron chi connectivity index (χ1n) is 8.84. The first-order valence-corrected chi connectivity index (χ1v) is 8.84. The van der Waals surface area contributed by atoms with Crippen molar-refractivity contribution in [3.63, 3.8) is 0 Å². The normalized spacial score (nSPS) is 10.6. The SMILES string of the molecule is Cc1cccc(N(C(=O)Oc2ccccc2)c2cccc3ccccc23)c1. The Bertz CT molecular complexity index is 1080. The topological polar surface area (TPSA) is 29.5 Å². The van der Waals surface area contributed by atoms with Gasteiger partial charge in [0.2, 0.25) is 0 Å². The van der Waals surface area contributed by atoms with Crippen molar-refractivity contribution >= 4 is 28.2 Å². The van der Waals surface area contributed by atoms with Gasteiger partial charge in [-0.1, -0.05) is 66.7 Å². The van der Waals surface area contributed by atoms with Crippen molar-refractivity contribution in [3.05, 3.63) is 103 Å². The fraction of sp³-hybridized carbons (Fsp3) is 0.0417. The molecule has 0 N–H and O–H groups in total. The van der Waals surface area contributed by atoms with Gasteiger partial charge in [0.25, 0.3) is 0 Å². The molecule has 0 spiro atoms. The zero-order chi connectivity index (χ0) is 18.6. The summed E-state index contributed by atoms with van der Waals surface area (Å²) in [5.41, 5.74) is 2.64. The molecule has 0 saturated carbocycles. The molecule has 0 saturated heterocycles. The van der Waals surface area contributed by atoms with E-state index in [4.69, 9.17) is 4.74 Å². The molecule has 0 atom stereocenters. The molecule has 4 aromatic rings. The van der Waals surface area contributed by atoms with Crippen LogP contribution < -0.4 is 9.64 Å². The minimum atomic E-state index is -0.442. The molecule has 0 aliphatic carbocycles. The highest BCUT2D eigenvalue weighted by Crippen LogP contribution is 2.33. The molecule has 4 aromatic carbocycles. The van der Waals surface area contributed by atoms with Gasteiger partial charge in [0.05, 0.1) is 11.4 Å². The number of anilines is 2. The van der Waals surface area contributed by atoms with E-state index in [1.807, 2.05) is 91.9 Å². The van der Waals surface area contributed by atoms with Crippen molar-refractivity contribution in [3.8, 4) is 5.75 Å². The number of fused-ring (bicyclic) bond motifs is 1. The van der Waals surface area contributed by atoms with Gasteiger partial charge >= 0.3 is 6.09 Å². The number of carbonyl (C=O) groups excluding carboxylic acids is 1. The van der Waals surface area contributed by atoms with Gasteiger partial charge in [-0.2, -0.15) is 0 Å². The van der Waals surface area contributed by atoms with Crippen molar-refractivity contribution in [1.82, 2.24) is 0 Å². The molecule has 0 aliphatic rings. The van der Waals surface area contributed by atoms with Crippen LogP contribution in [0, 0.1) is 6.92 Å². The van der Waals surface area contributed by atoms with Gasteiger partial charge in [-0.05, 0) is 48.2 Å². The number of ether oxygens (including phenoxy) is 1. The van der Waals surface area contributed by atoms with Gasteiger partial charge in [-0.25, -0.2) is 9.69 Å². The Labute approximate surface area is 158 Å². The zero-order valence-electron chi connectivity index (χ0n) is 15.0. The van der Waals surface area contributed by atoms with E-state index in [0.717, 1.165) is 27.7 Å². The van der Waals surface area contributed by atoms with E-state index >= 15 is 0 Å². The van der Waals surface area contributed by atoms with E-state index in [2.05, 4.69) is 0 Å². The predicted molar refractivity (Wildman–Crippen MR) is 110 cm³/mol. The van der Waals surface area contributed by atoms with Gasteiger partial charge in [0.15, 0.2) is 0 Å². The first-order chi connectivity index (χ1) is 13.2. The molecule has 0 fully saturated rings. The smallest absolute Gasteiger partial charge is 0.410 e. The molecular formula is C24H19NO2. The van der Waals surface area contributed by atoms with Gasteiger partial charge in [0, 0.05) is 5.39 Å². The third kappa shape index (κ3) is 3.53. The maximum atomic E-state index is 13.2. The molecule has 27 heavy (non-hydrogen) atoms. The number of aryl methyl sites for hydroxylation is 1. The van der Waals surface area contributed by atoms with E-state index < -0.39 is 6.09 Å². The molecule has 0 unspecified atom stereocenters. The number of rotatable bonds is 3. The van der Waals surface area contributed by atoms with Crippen LogP contribution in [0.3, 0.4) is 0 Å². The summed E-state index contributed by atoms with van der Waals surface area (Å²) in [6.07, 6.45) is -0.442. The minimum absolute atomic E-state index is 0.442. The van der Waals surface area contributed by atoms with Crippen LogP contribution in [0.5, 0.6) is 5.75 Å². The standard InChI is InChI=1S/C24H19NO2/c1-18-9-7-12-20(17-18)25(24(26)27-21-13-3-2-4-14-21)23-16-8-11-19-10-5-6-15-22(19)23/h2-17H,1H3. The van der Waals surface area contributed by atoms with Crippen LogP contribution in [0.2, 0.25) is 0 Å². The van der Waals surface area contributed by atoms with Crippen molar-refractivity contribution in [2.75, 3.05) is 4.90 Å². The van der Waals surface area contributed by atoms with E-state index in [-0.39, 0.29) is 0 Å². The highest BCUT2D eigenvalue weighted by molar-refractivity contribution is 6.06.